The molecule has 0 saturated heterocycles. The van der Waals surface area contributed by atoms with Gasteiger partial charge >= 0.3 is 5.97 Å². The Morgan fingerprint density at radius 3 is 2.27 bits per heavy atom. The van der Waals surface area contributed by atoms with Crippen molar-refractivity contribution in [2.75, 3.05) is 6.61 Å². The van der Waals surface area contributed by atoms with E-state index >= 15 is 0 Å². The number of carbonyl (C=O) groups excluding carboxylic acids is 2. The van der Waals surface area contributed by atoms with Crippen LogP contribution in [0.5, 0.6) is 0 Å². The molecule has 0 fully saturated rings. The summed E-state index contributed by atoms with van der Waals surface area (Å²) < 4.78 is 36.1. The Morgan fingerprint density at radius 2 is 1.86 bits per heavy atom. The van der Waals surface area contributed by atoms with Crippen molar-refractivity contribution >= 4 is 22.0 Å². The first-order valence-electron chi connectivity index (χ1n) is 6.21. The normalized spacial score (nSPS) is 12.1. The van der Waals surface area contributed by atoms with Crippen LogP contribution in [0.3, 0.4) is 0 Å². The van der Waals surface area contributed by atoms with E-state index in [9.17, 15) is 18.0 Å². The van der Waals surface area contributed by atoms with Crippen molar-refractivity contribution in [3.63, 3.8) is 0 Å². The van der Waals surface area contributed by atoms with E-state index in [0.717, 1.165) is 0 Å². The van der Waals surface area contributed by atoms with Crippen LogP contribution in [0.25, 0.3) is 0 Å². The van der Waals surface area contributed by atoms with Gasteiger partial charge in [0.1, 0.15) is 6.61 Å². The SMILES string of the molecule is C=C(C(=C)C(=O)OCCC#N)C(=O)NC(C(C)C)S(=O)(=O)O. The number of rotatable bonds is 8. The van der Waals surface area contributed by atoms with Crippen molar-refractivity contribution in [2.45, 2.75) is 25.6 Å². The summed E-state index contributed by atoms with van der Waals surface area (Å²) in [5.74, 6) is -2.52. The van der Waals surface area contributed by atoms with Crippen molar-refractivity contribution in [2.24, 2.45) is 5.92 Å². The van der Waals surface area contributed by atoms with Gasteiger partial charge in [-0.1, -0.05) is 27.0 Å². The Morgan fingerprint density at radius 1 is 1.32 bits per heavy atom. The zero-order valence-corrected chi connectivity index (χ0v) is 13.1. The summed E-state index contributed by atoms with van der Waals surface area (Å²) in [6.45, 7) is 9.48. The number of ether oxygens (including phenoxy) is 1. The van der Waals surface area contributed by atoms with Gasteiger partial charge in [0, 0.05) is 5.57 Å². The van der Waals surface area contributed by atoms with Crippen LogP contribution in [0, 0.1) is 17.2 Å². The highest BCUT2D eigenvalue weighted by molar-refractivity contribution is 7.86. The lowest BCUT2D eigenvalue weighted by Crippen LogP contribution is -2.44. The molecule has 0 aromatic heterocycles. The first-order valence-corrected chi connectivity index (χ1v) is 7.72. The molecule has 2 N–H and O–H groups in total. The highest BCUT2D eigenvalue weighted by atomic mass is 32.2. The van der Waals surface area contributed by atoms with Crippen molar-refractivity contribution in [1.82, 2.24) is 5.32 Å². The van der Waals surface area contributed by atoms with Crippen molar-refractivity contribution in [3.05, 3.63) is 24.3 Å². The van der Waals surface area contributed by atoms with Crippen LogP contribution >= 0.6 is 0 Å². The zero-order chi connectivity index (χ0) is 17.5. The van der Waals surface area contributed by atoms with Gasteiger partial charge < -0.3 is 10.1 Å². The summed E-state index contributed by atoms with van der Waals surface area (Å²) in [6.07, 6.45) is -0.0180. The fourth-order valence-electron chi connectivity index (χ4n) is 1.34. The quantitative estimate of drug-likeness (QED) is 0.218. The molecule has 0 spiro atoms. The minimum absolute atomic E-state index is 0.0180. The monoisotopic (exact) mass is 330 g/mol. The number of carbonyl (C=O) groups is 2. The third kappa shape index (κ3) is 6.07. The third-order valence-corrected chi connectivity index (χ3v) is 3.84. The summed E-state index contributed by atoms with van der Waals surface area (Å²) >= 11 is 0. The van der Waals surface area contributed by atoms with E-state index in [1.165, 1.54) is 13.8 Å². The molecule has 0 aliphatic heterocycles. The Balaban J connectivity index is 4.86. The predicted octanol–water partition coefficient (Wildman–Crippen LogP) is 0.542. The number of nitrogens with zero attached hydrogens (tertiary/aromatic N) is 1. The number of esters is 1. The van der Waals surface area contributed by atoms with E-state index in [0.29, 0.717) is 0 Å². The standard InChI is InChI=1S/C13H18N2O6S/c1-8(2)12(22(18,19)20)15-11(16)9(3)10(4)13(17)21-7-5-6-14/h8,12H,3-5,7H2,1-2H3,(H,15,16)(H,18,19,20). The first-order chi connectivity index (χ1) is 10.0. The van der Waals surface area contributed by atoms with Gasteiger partial charge in [-0.25, -0.2) is 4.79 Å². The summed E-state index contributed by atoms with van der Waals surface area (Å²) in [4.78, 5) is 23.4. The van der Waals surface area contributed by atoms with E-state index in [1.807, 2.05) is 0 Å². The van der Waals surface area contributed by atoms with Gasteiger partial charge in [0.25, 0.3) is 16.0 Å². The molecule has 1 atom stereocenters. The first kappa shape index (κ1) is 19.8. The molecule has 8 nitrogen and oxygen atoms in total. The number of amides is 1. The fourth-order valence-corrected chi connectivity index (χ4v) is 2.28. The van der Waals surface area contributed by atoms with Gasteiger partial charge in [-0.2, -0.15) is 13.7 Å². The molecule has 0 aliphatic rings. The summed E-state index contributed by atoms with van der Waals surface area (Å²) in [5.41, 5.74) is -0.760. The Kier molecular flexibility index (Phi) is 7.49. The Labute approximate surface area is 129 Å². The second kappa shape index (κ2) is 8.31. The summed E-state index contributed by atoms with van der Waals surface area (Å²) in [6, 6.07) is 1.77. The van der Waals surface area contributed by atoms with Crippen LogP contribution < -0.4 is 5.32 Å². The average Bonchev–Trinajstić information content (AvgIpc) is 2.41. The molecule has 1 amide bonds. The molecule has 0 heterocycles. The van der Waals surface area contributed by atoms with Crippen LogP contribution in [-0.4, -0.2) is 36.8 Å². The lowest BCUT2D eigenvalue weighted by molar-refractivity contribution is -0.139. The lowest BCUT2D eigenvalue weighted by Gasteiger charge is -2.20. The second-order valence-corrected chi connectivity index (χ2v) is 6.19. The highest BCUT2D eigenvalue weighted by Gasteiger charge is 2.30. The van der Waals surface area contributed by atoms with Crippen molar-refractivity contribution < 1.29 is 27.3 Å². The third-order valence-electron chi connectivity index (χ3n) is 2.53. The van der Waals surface area contributed by atoms with E-state index < -0.39 is 38.9 Å². The van der Waals surface area contributed by atoms with E-state index in [2.05, 4.69) is 23.2 Å². The van der Waals surface area contributed by atoms with E-state index in [-0.39, 0.29) is 18.6 Å². The summed E-state index contributed by atoms with van der Waals surface area (Å²) in [7, 11) is -4.51. The maximum atomic E-state index is 11.9. The molecular weight excluding hydrogens is 312 g/mol. The number of hydrogen-bond donors (Lipinski definition) is 2. The molecule has 22 heavy (non-hydrogen) atoms. The van der Waals surface area contributed by atoms with Crippen LogP contribution in [0.15, 0.2) is 24.3 Å². The number of nitriles is 1. The van der Waals surface area contributed by atoms with Gasteiger partial charge in [0.2, 0.25) is 0 Å². The van der Waals surface area contributed by atoms with Gasteiger partial charge in [-0.15, -0.1) is 0 Å². The van der Waals surface area contributed by atoms with Gasteiger partial charge in [-0.3, -0.25) is 9.35 Å². The van der Waals surface area contributed by atoms with Crippen LogP contribution in [0.2, 0.25) is 0 Å². The second-order valence-electron chi connectivity index (χ2n) is 4.65. The Bertz CT molecular complexity index is 615. The average molecular weight is 330 g/mol. The van der Waals surface area contributed by atoms with Crippen LogP contribution in [0.4, 0.5) is 0 Å². The fraction of sp³-hybridized carbons (Fsp3) is 0.462. The van der Waals surface area contributed by atoms with Crippen molar-refractivity contribution in [1.29, 1.82) is 5.26 Å². The molecule has 0 aliphatic carbocycles. The van der Waals surface area contributed by atoms with Gasteiger partial charge in [0.15, 0.2) is 5.37 Å². The van der Waals surface area contributed by atoms with Gasteiger partial charge in [0.05, 0.1) is 18.1 Å². The largest absolute Gasteiger partial charge is 0.461 e. The summed E-state index contributed by atoms with van der Waals surface area (Å²) in [5, 5.41) is 8.84. The van der Waals surface area contributed by atoms with E-state index in [1.54, 1.807) is 6.07 Å². The minimum Gasteiger partial charge on any atom is -0.461 e. The van der Waals surface area contributed by atoms with Gasteiger partial charge in [-0.05, 0) is 5.92 Å². The predicted molar refractivity (Wildman–Crippen MR) is 77.8 cm³/mol. The van der Waals surface area contributed by atoms with E-state index in [4.69, 9.17) is 9.81 Å². The zero-order valence-electron chi connectivity index (χ0n) is 12.3. The molecule has 1 unspecified atom stereocenters. The molecule has 0 saturated carbocycles. The molecular formula is C13H18N2O6S. The molecule has 0 bridgehead atoms. The van der Waals surface area contributed by atoms with Crippen molar-refractivity contribution in [3.8, 4) is 6.07 Å². The lowest BCUT2D eigenvalue weighted by atomic mass is 10.1. The Hall–Kier alpha value is -2.18. The van der Waals surface area contributed by atoms with Crippen LogP contribution in [0.1, 0.15) is 20.3 Å². The smallest absolute Gasteiger partial charge is 0.338 e. The molecule has 0 rings (SSSR count). The molecule has 122 valence electrons. The highest BCUT2D eigenvalue weighted by Crippen LogP contribution is 2.12. The topological polar surface area (TPSA) is 134 Å². The molecule has 0 aromatic carbocycles. The number of hydrogen-bond acceptors (Lipinski definition) is 6. The maximum Gasteiger partial charge on any atom is 0.338 e. The molecule has 0 radical (unpaired) electrons. The molecule has 0 aromatic rings. The number of nitrogens with one attached hydrogen (secondary N) is 1. The minimum atomic E-state index is -4.51. The molecule has 9 heteroatoms. The van der Waals surface area contributed by atoms with Crippen LogP contribution in [-0.2, 0) is 24.4 Å². The maximum absolute atomic E-state index is 11.9.